The molecule has 2 aromatic carbocycles. The maximum absolute atomic E-state index is 6.26. The smallest absolute Gasteiger partial charge is 0.168 e. The van der Waals surface area contributed by atoms with Crippen LogP contribution in [0.5, 0.6) is 5.75 Å². The Labute approximate surface area is 116 Å². The summed E-state index contributed by atoms with van der Waals surface area (Å²) in [6.45, 7) is 0. The monoisotopic (exact) mass is 281 g/mol. The highest BCUT2D eigenvalue weighted by atomic mass is 35.5. The molecule has 94 valence electrons. The van der Waals surface area contributed by atoms with Gasteiger partial charge in [0.05, 0.1) is 0 Å². The maximum Gasteiger partial charge on any atom is 0.168 e. The van der Waals surface area contributed by atoms with Gasteiger partial charge in [-0.3, -0.25) is 5.73 Å². The quantitative estimate of drug-likeness (QED) is 0.680. The van der Waals surface area contributed by atoms with Gasteiger partial charge in [0.15, 0.2) is 6.23 Å². The SMILES string of the molecule is NC(Oc1ccc(Cl)cc1)C(Cl)c1ccccc1. The van der Waals surface area contributed by atoms with Gasteiger partial charge in [-0.15, -0.1) is 11.6 Å². The fraction of sp³-hybridized carbons (Fsp3) is 0.143. The molecule has 0 aliphatic rings. The van der Waals surface area contributed by atoms with E-state index >= 15 is 0 Å². The average molecular weight is 282 g/mol. The van der Waals surface area contributed by atoms with Gasteiger partial charge >= 0.3 is 0 Å². The predicted molar refractivity (Wildman–Crippen MR) is 75.1 cm³/mol. The molecule has 2 unspecified atom stereocenters. The highest BCUT2D eigenvalue weighted by Crippen LogP contribution is 2.25. The van der Waals surface area contributed by atoms with Gasteiger partial charge in [-0.1, -0.05) is 41.9 Å². The van der Waals surface area contributed by atoms with Crippen molar-refractivity contribution < 1.29 is 4.74 Å². The minimum Gasteiger partial charge on any atom is -0.474 e. The van der Waals surface area contributed by atoms with Gasteiger partial charge < -0.3 is 4.74 Å². The number of ether oxygens (including phenoxy) is 1. The molecule has 2 aromatic rings. The van der Waals surface area contributed by atoms with Gasteiger partial charge in [0.25, 0.3) is 0 Å². The molecule has 0 radical (unpaired) electrons. The molecular weight excluding hydrogens is 269 g/mol. The molecular formula is C14H13Cl2NO. The lowest BCUT2D eigenvalue weighted by atomic mass is 10.1. The van der Waals surface area contributed by atoms with Gasteiger partial charge in [-0.05, 0) is 29.8 Å². The van der Waals surface area contributed by atoms with E-state index < -0.39 is 11.6 Å². The molecule has 0 saturated carbocycles. The fourth-order valence-corrected chi connectivity index (χ4v) is 1.88. The van der Waals surface area contributed by atoms with Crippen LogP contribution in [0.2, 0.25) is 5.02 Å². The zero-order valence-corrected chi connectivity index (χ0v) is 11.1. The second kappa shape index (κ2) is 6.10. The van der Waals surface area contributed by atoms with Crippen LogP contribution in [0.3, 0.4) is 0 Å². The normalized spacial score (nSPS) is 13.9. The van der Waals surface area contributed by atoms with Crippen molar-refractivity contribution in [1.29, 1.82) is 0 Å². The van der Waals surface area contributed by atoms with Gasteiger partial charge in [0, 0.05) is 5.02 Å². The highest BCUT2D eigenvalue weighted by molar-refractivity contribution is 6.30. The lowest BCUT2D eigenvalue weighted by Crippen LogP contribution is -2.31. The van der Waals surface area contributed by atoms with E-state index in [1.807, 2.05) is 30.3 Å². The van der Waals surface area contributed by atoms with Crippen molar-refractivity contribution in [2.75, 3.05) is 0 Å². The molecule has 0 bridgehead atoms. The highest BCUT2D eigenvalue weighted by Gasteiger charge is 2.18. The number of benzene rings is 2. The molecule has 0 amide bonds. The molecule has 4 heteroatoms. The van der Waals surface area contributed by atoms with E-state index in [0.717, 1.165) is 5.56 Å². The maximum atomic E-state index is 6.26. The lowest BCUT2D eigenvalue weighted by Gasteiger charge is -2.20. The Kier molecular flexibility index (Phi) is 4.48. The van der Waals surface area contributed by atoms with Crippen LogP contribution in [0, 0.1) is 0 Å². The number of halogens is 2. The summed E-state index contributed by atoms with van der Waals surface area (Å²) in [6, 6.07) is 16.6. The van der Waals surface area contributed by atoms with Crippen molar-refractivity contribution in [3.63, 3.8) is 0 Å². The topological polar surface area (TPSA) is 35.2 Å². The Bertz CT molecular complexity index is 487. The summed E-state index contributed by atoms with van der Waals surface area (Å²) in [5.74, 6) is 0.647. The van der Waals surface area contributed by atoms with E-state index in [2.05, 4.69) is 0 Å². The molecule has 18 heavy (non-hydrogen) atoms. The third-order valence-corrected chi connectivity index (χ3v) is 3.24. The summed E-state index contributed by atoms with van der Waals surface area (Å²) in [4.78, 5) is 0. The van der Waals surface area contributed by atoms with E-state index in [1.165, 1.54) is 0 Å². The van der Waals surface area contributed by atoms with E-state index in [1.54, 1.807) is 24.3 Å². The van der Waals surface area contributed by atoms with Crippen LogP contribution in [0.25, 0.3) is 0 Å². The number of hydrogen-bond donors (Lipinski definition) is 1. The van der Waals surface area contributed by atoms with Crippen LogP contribution in [0.4, 0.5) is 0 Å². The number of rotatable bonds is 4. The van der Waals surface area contributed by atoms with Crippen molar-refractivity contribution in [2.24, 2.45) is 5.73 Å². The molecule has 0 aromatic heterocycles. The Morgan fingerprint density at radius 3 is 2.17 bits per heavy atom. The van der Waals surface area contributed by atoms with Crippen LogP contribution in [0.1, 0.15) is 10.9 Å². The van der Waals surface area contributed by atoms with Gasteiger partial charge in [-0.2, -0.15) is 0 Å². The first-order valence-electron chi connectivity index (χ1n) is 5.53. The molecule has 2 rings (SSSR count). The summed E-state index contributed by atoms with van der Waals surface area (Å²) < 4.78 is 5.57. The summed E-state index contributed by atoms with van der Waals surface area (Å²) >= 11 is 12.1. The van der Waals surface area contributed by atoms with Crippen molar-refractivity contribution in [3.8, 4) is 5.75 Å². The molecule has 0 heterocycles. The molecule has 0 aliphatic carbocycles. The van der Waals surface area contributed by atoms with Gasteiger partial charge in [0.1, 0.15) is 11.1 Å². The first-order valence-corrected chi connectivity index (χ1v) is 6.35. The first kappa shape index (κ1) is 13.2. The van der Waals surface area contributed by atoms with Crippen LogP contribution in [0.15, 0.2) is 54.6 Å². The molecule has 2 N–H and O–H groups in total. The number of alkyl halides is 1. The van der Waals surface area contributed by atoms with Gasteiger partial charge in [-0.25, -0.2) is 0 Å². The summed E-state index contributed by atoms with van der Waals surface area (Å²) in [5, 5.41) is 0.253. The third-order valence-electron chi connectivity index (χ3n) is 2.49. The predicted octanol–water partition coefficient (Wildman–Crippen LogP) is 3.98. The Morgan fingerprint density at radius 1 is 0.944 bits per heavy atom. The van der Waals surface area contributed by atoms with E-state index in [4.69, 9.17) is 33.7 Å². The average Bonchev–Trinajstić information content (AvgIpc) is 2.41. The van der Waals surface area contributed by atoms with Crippen LogP contribution >= 0.6 is 23.2 Å². The summed E-state index contributed by atoms with van der Waals surface area (Å²) in [6.07, 6.45) is -0.616. The molecule has 0 fully saturated rings. The lowest BCUT2D eigenvalue weighted by molar-refractivity contribution is 0.204. The zero-order chi connectivity index (χ0) is 13.0. The molecule has 0 spiro atoms. The fourth-order valence-electron chi connectivity index (χ4n) is 1.56. The Hall–Kier alpha value is -1.22. The number of nitrogens with two attached hydrogens (primary N) is 1. The van der Waals surface area contributed by atoms with E-state index in [9.17, 15) is 0 Å². The molecule has 0 aliphatic heterocycles. The van der Waals surface area contributed by atoms with Crippen molar-refractivity contribution in [3.05, 3.63) is 65.2 Å². The van der Waals surface area contributed by atoms with Gasteiger partial charge in [0.2, 0.25) is 0 Å². The summed E-state index contributed by atoms with van der Waals surface area (Å²) in [5.41, 5.74) is 6.86. The first-order chi connectivity index (χ1) is 8.66. The van der Waals surface area contributed by atoms with Crippen molar-refractivity contribution in [1.82, 2.24) is 0 Å². The minimum atomic E-state index is -0.616. The number of hydrogen-bond acceptors (Lipinski definition) is 2. The Morgan fingerprint density at radius 2 is 1.56 bits per heavy atom. The van der Waals surface area contributed by atoms with Crippen molar-refractivity contribution >= 4 is 23.2 Å². The largest absolute Gasteiger partial charge is 0.474 e. The minimum absolute atomic E-state index is 0.401. The Balaban J connectivity index is 2.03. The van der Waals surface area contributed by atoms with E-state index in [-0.39, 0.29) is 0 Å². The molecule has 2 nitrogen and oxygen atoms in total. The second-order valence-electron chi connectivity index (χ2n) is 3.85. The zero-order valence-electron chi connectivity index (χ0n) is 9.59. The van der Waals surface area contributed by atoms with Crippen molar-refractivity contribution in [2.45, 2.75) is 11.6 Å². The molecule has 0 saturated heterocycles. The third kappa shape index (κ3) is 3.39. The standard InChI is InChI=1S/C14H13Cl2NO/c15-11-6-8-12(9-7-11)18-14(17)13(16)10-4-2-1-3-5-10/h1-9,13-14H,17H2. The van der Waals surface area contributed by atoms with Crippen LogP contribution in [-0.4, -0.2) is 6.23 Å². The van der Waals surface area contributed by atoms with Crippen LogP contribution < -0.4 is 10.5 Å². The van der Waals surface area contributed by atoms with E-state index in [0.29, 0.717) is 10.8 Å². The summed E-state index contributed by atoms with van der Waals surface area (Å²) in [7, 11) is 0. The second-order valence-corrected chi connectivity index (χ2v) is 4.76. The molecule has 2 atom stereocenters. The van der Waals surface area contributed by atoms with Crippen LogP contribution in [-0.2, 0) is 0 Å².